The molecule has 0 fully saturated rings. The Morgan fingerprint density at radius 2 is 0.481 bits per heavy atom. The van der Waals surface area contributed by atoms with Gasteiger partial charge in [-0.3, -0.25) is 0 Å². The molecule has 0 amide bonds. The summed E-state index contributed by atoms with van der Waals surface area (Å²) < 4.78 is 0. The SMILES string of the molecule is Cc1cc(C)cc(-c2cc(-c3cc(-c4cc(C)cc(C)c4)c4cccc(-c5cc(C)cc(C)c5)c4c3)cc3c(-c4cc(C)cc(C)c4)cccc23)c1. The molecule has 254 valence electrons. The van der Waals surface area contributed by atoms with Crippen LogP contribution in [0.1, 0.15) is 44.5 Å². The zero-order chi connectivity index (χ0) is 36.3. The largest absolute Gasteiger partial charge is 0.0610 e. The summed E-state index contributed by atoms with van der Waals surface area (Å²) >= 11 is 0. The Morgan fingerprint density at radius 1 is 0.212 bits per heavy atom. The topological polar surface area (TPSA) is 0 Å². The summed E-state index contributed by atoms with van der Waals surface area (Å²) in [5.41, 5.74) is 22.8. The molecule has 8 aromatic rings. The van der Waals surface area contributed by atoms with Crippen molar-refractivity contribution in [3.8, 4) is 55.6 Å². The molecule has 0 heteroatoms. The molecule has 0 unspecified atom stereocenters. The van der Waals surface area contributed by atoms with Gasteiger partial charge < -0.3 is 0 Å². The predicted octanol–water partition coefficient (Wildman–Crippen LogP) is 14.8. The summed E-state index contributed by atoms with van der Waals surface area (Å²) in [7, 11) is 0. The molecule has 8 aromatic carbocycles. The van der Waals surface area contributed by atoms with E-state index >= 15 is 0 Å². The van der Waals surface area contributed by atoms with Crippen LogP contribution in [0, 0.1) is 55.4 Å². The molecule has 0 N–H and O–H groups in total. The van der Waals surface area contributed by atoms with E-state index in [1.54, 1.807) is 0 Å². The van der Waals surface area contributed by atoms with Crippen LogP contribution in [-0.4, -0.2) is 0 Å². The maximum Gasteiger partial charge on any atom is -0.00930 e. The van der Waals surface area contributed by atoms with Crippen LogP contribution in [0.15, 0.2) is 133 Å². The lowest BCUT2D eigenvalue weighted by molar-refractivity contribution is 1.38. The van der Waals surface area contributed by atoms with Crippen molar-refractivity contribution >= 4 is 21.5 Å². The highest BCUT2D eigenvalue weighted by molar-refractivity contribution is 6.10. The molecule has 0 aliphatic heterocycles. The second-order valence-electron chi connectivity index (χ2n) is 15.4. The molecule has 0 aliphatic rings. The van der Waals surface area contributed by atoms with Crippen LogP contribution in [0.4, 0.5) is 0 Å². The Hall–Kier alpha value is -5.72. The Morgan fingerprint density at radius 3 is 0.769 bits per heavy atom. The van der Waals surface area contributed by atoms with E-state index in [4.69, 9.17) is 0 Å². The van der Waals surface area contributed by atoms with Crippen LogP contribution in [0.2, 0.25) is 0 Å². The molecular formula is C52H46. The number of rotatable bonds is 5. The van der Waals surface area contributed by atoms with E-state index in [-0.39, 0.29) is 0 Å². The molecule has 52 heavy (non-hydrogen) atoms. The third-order valence-electron chi connectivity index (χ3n) is 10.5. The first-order chi connectivity index (χ1) is 25.0. The predicted molar refractivity (Wildman–Crippen MR) is 227 cm³/mol. The molecule has 0 bridgehead atoms. The Kier molecular flexibility index (Phi) is 8.43. The second-order valence-corrected chi connectivity index (χ2v) is 15.4. The zero-order valence-corrected chi connectivity index (χ0v) is 31.7. The molecule has 0 nitrogen and oxygen atoms in total. The van der Waals surface area contributed by atoms with Crippen LogP contribution in [0.3, 0.4) is 0 Å². The molecule has 0 aliphatic carbocycles. The summed E-state index contributed by atoms with van der Waals surface area (Å²) in [6.07, 6.45) is 0. The van der Waals surface area contributed by atoms with Gasteiger partial charge in [0.15, 0.2) is 0 Å². The second kappa shape index (κ2) is 13.1. The molecule has 0 heterocycles. The van der Waals surface area contributed by atoms with Gasteiger partial charge in [-0.05, 0) is 157 Å². The summed E-state index contributed by atoms with van der Waals surface area (Å²) in [5.74, 6) is 0. The number of hydrogen-bond acceptors (Lipinski definition) is 0. The van der Waals surface area contributed by atoms with Gasteiger partial charge >= 0.3 is 0 Å². The maximum absolute atomic E-state index is 2.44. The van der Waals surface area contributed by atoms with Gasteiger partial charge in [-0.2, -0.15) is 0 Å². The smallest absolute Gasteiger partial charge is 0.00930 e. The lowest BCUT2D eigenvalue weighted by atomic mass is 9.85. The van der Waals surface area contributed by atoms with Crippen molar-refractivity contribution in [3.05, 3.63) is 178 Å². The Labute approximate surface area is 309 Å². The van der Waals surface area contributed by atoms with E-state index < -0.39 is 0 Å². The van der Waals surface area contributed by atoms with Gasteiger partial charge in [0.2, 0.25) is 0 Å². The third-order valence-corrected chi connectivity index (χ3v) is 10.5. The lowest BCUT2D eigenvalue weighted by Gasteiger charge is -2.19. The van der Waals surface area contributed by atoms with Gasteiger partial charge in [0.05, 0.1) is 0 Å². The van der Waals surface area contributed by atoms with E-state index in [0.717, 1.165) is 0 Å². The Bertz CT molecular complexity index is 2430. The van der Waals surface area contributed by atoms with Gasteiger partial charge in [-0.25, -0.2) is 0 Å². The van der Waals surface area contributed by atoms with E-state index in [1.165, 1.54) is 122 Å². The molecule has 0 spiro atoms. The third kappa shape index (κ3) is 6.35. The van der Waals surface area contributed by atoms with Gasteiger partial charge in [0.25, 0.3) is 0 Å². The first-order valence-corrected chi connectivity index (χ1v) is 18.5. The van der Waals surface area contributed by atoms with Crippen molar-refractivity contribution in [1.29, 1.82) is 0 Å². The minimum atomic E-state index is 1.22. The summed E-state index contributed by atoms with van der Waals surface area (Å²) in [6.45, 7) is 17.6. The summed E-state index contributed by atoms with van der Waals surface area (Å²) in [6, 6.07) is 51.2. The van der Waals surface area contributed by atoms with Crippen LogP contribution in [-0.2, 0) is 0 Å². The van der Waals surface area contributed by atoms with E-state index in [2.05, 4.69) is 189 Å². The highest BCUT2D eigenvalue weighted by atomic mass is 14.2. The number of hydrogen-bond donors (Lipinski definition) is 0. The summed E-state index contributed by atoms with van der Waals surface area (Å²) in [4.78, 5) is 0. The van der Waals surface area contributed by atoms with Crippen LogP contribution < -0.4 is 0 Å². The fourth-order valence-electron chi connectivity index (χ4n) is 8.61. The molecule has 8 rings (SSSR count). The normalized spacial score (nSPS) is 11.5. The first-order valence-electron chi connectivity index (χ1n) is 18.5. The quantitative estimate of drug-likeness (QED) is 0.171. The van der Waals surface area contributed by atoms with E-state index in [0.29, 0.717) is 0 Å². The van der Waals surface area contributed by atoms with Crippen molar-refractivity contribution in [2.75, 3.05) is 0 Å². The molecule has 0 aromatic heterocycles. The van der Waals surface area contributed by atoms with Gasteiger partial charge in [-0.15, -0.1) is 0 Å². The fraction of sp³-hybridized carbons (Fsp3) is 0.154. The van der Waals surface area contributed by atoms with Crippen molar-refractivity contribution in [2.24, 2.45) is 0 Å². The maximum atomic E-state index is 2.44. The van der Waals surface area contributed by atoms with E-state index in [9.17, 15) is 0 Å². The fourth-order valence-corrected chi connectivity index (χ4v) is 8.61. The highest BCUT2D eigenvalue weighted by Gasteiger charge is 2.17. The van der Waals surface area contributed by atoms with Gasteiger partial charge in [0.1, 0.15) is 0 Å². The monoisotopic (exact) mass is 670 g/mol. The molecular weight excluding hydrogens is 625 g/mol. The molecule has 0 atom stereocenters. The molecule has 0 radical (unpaired) electrons. The lowest BCUT2D eigenvalue weighted by Crippen LogP contribution is -1.93. The van der Waals surface area contributed by atoms with Crippen LogP contribution >= 0.6 is 0 Å². The van der Waals surface area contributed by atoms with Crippen molar-refractivity contribution in [1.82, 2.24) is 0 Å². The minimum Gasteiger partial charge on any atom is -0.0610 e. The number of benzene rings is 8. The van der Waals surface area contributed by atoms with Crippen molar-refractivity contribution < 1.29 is 0 Å². The molecule has 0 saturated carbocycles. The summed E-state index contributed by atoms with van der Waals surface area (Å²) in [5, 5.41) is 5.10. The van der Waals surface area contributed by atoms with Crippen molar-refractivity contribution in [2.45, 2.75) is 55.4 Å². The minimum absolute atomic E-state index is 1.22. The first kappa shape index (κ1) is 33.4. The van der Waals surface area contributed by atoms with Crippen LogP contribution in [0.25, 0.3) is 77.2 Å². The number of aryl methyl sites for hydroxylation is 8. The van der Waals surface area contributed by atoms with Gasteiger partial charge in [0, 0.05) is 0 Å². The van der Waals surface area contributed by atoms with Crippen molar-refractivity contribution in [3.63, 3.8) is 0 Å². The average molecular weight is 671 g/mol. The standard InChI is InChI=1S/C52H46/c1-31-15-32(2)20-41(19-31)45-11-9-13-47-49(43-23-35(5)17-36(6)24-43)27-39(29-51(45)47)40-28-50(44-25-37(7)18-38(8)26-44)48-14-10-12-46(52(48)30-40)42-21-33(3)16-34(4)22-42/h9-30H,1-8H3. The Balaban J connectivity index is 1.49. The zero-order valence-electron chi connectivity index (χ0n) is 31.7. The average Bonchev–Trinajstić information content (AvgIpc) is 3.08. The number of fused-ring (bicyclic) bond motifs is 2. The van der Waals surface area contributed by atoms with Gasteiger partial charge in [-0.1, -0.05) is 154 Å². The van der Waals surface area contributed by atoms with Crippen LogP contribution in [0.5, 0.6) is 0 Å². The molecule has 0 saturated heterocycles. The van der Waals surface area contributed by atoms with E-state index in [1.807, 2.05) is 0 Å². The highest BCUT2D eigenvalue weighted by Crippen LogP contribution is 2.43.